The number of fused-ring (bicyclic) bond motifs is 1. The van der Waals surface area contributed by atoms with Crippen molar-refractivity contribution in [3.05, 3.63) is 85.8 Å². The molecule has 0 saturated carbocycles. The second-order valence-corrected chi connectivity index (χ2v) is 35.2. The van der Waals surface area contributed by atoms with Crippen molar-refractivity contribution in [2.45, 2.75) is 312 Å². The molecule has 7 heterocycles. The van der Waals surface area contributed by atoms with Crippen LogP contribution in [0.3, 0.4) is 0 Å². The molecule has 4 saturated heterocycles. The highest BCUT2D eigenvalue weighted by molar-refractivity contribution is 7.10. The van der Waals surface area contributed by atoms with Gasteiger partial charge in [-0.25, -0.2) is 15.0 Å². The van der Waals surface area contributed by atoms with Gasteiger partial charge in [-0.3, -0.25) is 28.8 Å². The SMILES string of the molecule is C/C(=C\c1csc(C)n1)[C@@H]1CC2O[C@H]2CCC[C@H](C)[C@H](O)[C@@H](C)C(=O)C(C)(C)[C@@H](O)CC(=O)O1.C/C(=C\c1csc(C)n1)[C@@H]1C[C@@H](O)[C@H](N=[N+]=[N-])CCC[C@H](C)[C@H](O)[C@@H](C)C(=O)C(C)(C)[C@@H](O)CC(=O)O1.C/C(=C\c1csc(C)n1)[C@@H]1C[C@H](N=[N+]=[N-])[C@@H](O)CCC[C@H](C)[C@H](O)[C@@H](C)C(=O)C(C)(C)[C@@H](O)CC(=O)O1. The molecule has 21 atom stereocenters. The van der Waals surface area contributed by atoms with E-state index in [4.69, 9.17) is 30.0 Å². The largest absolute Gasteiger partial charge is 0.458 e. The number of Topliss-reactive ketones (excluding diaryl/α,β-unsaturated/α-hetero) is 3. The van der Waals surface area contributed by atoms with Crippen molar-refractivity contribution in [3.8, 4) is 0 Å². The molecule has 4 aliphatic heterocycles. The van der Waals surface area contributed by atoms with Crippen molar-refractivity contribution in [1.29, 1.82) is 0 Å². The third kappa shape index (κ3) is 26.8. The van der Waals surface area contributed by atoms with Gasteiger partial charge in [-0.15, -0.1) is 34.0 Å². The highest BCUT2D eigenvalue weighted by Gasteiger charge is 2.47. The number of aliphatic hydroxyl groups is 8. The Morgan fingerprint density at radius 2 is 0.769 bits per heavy atom. The van der Waals surface area contributed by atoms with Gasteiger partial charge in [0.05, 0.1) is 141 Å². The first-order chi connectivity index (χ1) is 50.4. The zero-order valence-electron chi connectivity index (χ0n) is 66.1. The van der Waals surface area contributed by atoms with Gasteiger partial charge in [-0.2, -0.15) is 0 Å². The number of aryl methyl sites for hydroxylation is 3. The Morgan fingerprint density at radius 3 is 1.10 bits per heavy atom. The first-order valence-corrected chi connectivity index (χ1v) is 40.3. The minimum Gasteiger partial charge on any atom is -0.458 e. The second kappa shape index (κ2) is 41.9. The summed E-state index contributed by atoms with van der Waals surface area (Å²) in [6, 6.07) is -1.63. The van der Waals surface area contributed by atoms with E-state index in [-0.39, 0.29) is 66.6 Å². The van der Waals surface area contributed by atoms with Crippen molar-refractivity contribution in [2.75, 3.05) is 0 Å². The van der Waals surface area contributed by atoms with Crippen LogP contribution in [0.2, 0.25) is 0 Å². The molecule has 0 aliphatic carbocycles. The van der Waals surface area contributed by atoms with Gasteiger partial charge in [0.1, 0.15) is 35.7 Å². The Hall–Kier alpha value is -6.21. The van der Waals surface area contributed by atoms with Gasteiger partial charge in [-0.1, -0.05) is 113 Å². The summed E-state index contributed by atoms with van der Waals surface area (Å²) in [5.74, 6) is -5.67. The summed E-state index contributed by atoms with van der Waals surface area (Å²) < 4.78 is 23.1. The predicted octanol–water partition coefficient (Wildman–Crippen LogP) is 12.8. The number of nitrogens with zero attached hydrogens (tertiary/aromatic N) is 9. The Bertz CT molecular complexity index is 3690. The van der Waals surface area contributed by atoms with Gasteiger partial charge in [0, 0.05) is 56.6 Å². The van der Waals surface area contributed by atoms with Crippen LogP contribution in [-0.4, -0.2) is 182 Å². The van der Waals surface area contributed by atoms with E-state index in [9.17, 15) is 69.6 Å². The van der Waals surface area contributed by atoms with Gasteiger partial charge < -0.3 is 59.8 Å². The Kier molecular flexibility index (Phi) is 35.8. The van der Waals surface area contributed by atoms with Crippen molar-refractivity contribution in [3.63, 3.8) is 0 Å². The number of thiazole rings is 3. The molecule has 3 aromatic heterocycles. The van der Waals surface area contributed by atoms with Gasteiger partial charge in [0.25, 0.3) is 0 Å². The van der Waals surface area contributed by atoms with E-state index in [1.54, 1.807) is 99.6 Å². The molecular weight excluding hydrogens is 1450 g/mol. The normalized spacial score (nSPS) is 33.9. The van der Waals surface area contributed by atoms with Crippen molar-refractivity contribution >= 4 is 87.5 Å². The molecule has 0 aromatic carbocycles. The Morgan fingerprint density at radius 1 is 0.454 bits per heavy atom. The van der Waals surface area contributed by atoms with Crippen molar-refractivity contribution in [1.82, 2.24) is 15.0 Å². The van der Waals surface area contributed by atoms with Crippen molar-refractivity contribution in [2.24, 2.45) is 62.0 Å². The fourth-order valence-corrected chi connectivity index (χ4v) is 15.9. The average Bonchev–Trinajstić information content (AvgIpc) is 1.12. The molecule has 4 fully saturated rings. The lowest BCUT2D eigenvalue weighted by Gasteiger charge is -2.35. The quantitative estimate of drug-likeness (QED) is 0.0259. The third-order valence-electron chi connectivity index (χ3n) is 22.2. The van der Waals surface area contributed by atoms with Crippen LogP contribution in [0, 0.1) is 72.5 Å². The summed E-state index contributed by atoms with van der Waals surface area (Å²) >= 11 is 4.51. The topological polar surface area (TPSA) is 441 Å². The highest BCUT2D eigenvalue weighted by atomic mass is 32.1. The van der Waals surface area contributed by atoms with Crippen molar-refractivity contribution < 1.29 is 88.6 Å². The van der Waals surface area contributed by atoms with Gasteiger partial charge in [0.15, 0.2) is 0 Å². The van der Waals surface area contributed by atoms with Gasteiger partial charge in [0.2, 0.25) is 0 Å². The summed E-state index contributed by atoms with van der Waals surface area (Å²) in [6.07, 6.45) is -0.569. The van der Waals surface area contributed by atoms with E-state index in [1.807, 2.05) is 70.7 Å². The standard InChI is InChI=1S/2C26H40N4O6S.C26H39NO6S/c1-14-8-7-9-20(31)19(29-30-27)11-21(15(2)10-18-13-37-17(4)28-18)36-23(33)12-22(32)26(5,6)25(35)16(3)24(14)34;1-14-8-7-9-19(29-30-27)20(31)11-21(15(2)10-18-13-37-17(4)28-18)36-23(33)12-22(32)26(5,6)25(35)16(3)24(14)34;1-14-8-7-9-19-21(32-19)11-20(15(2)10-18-13-34-17(4)27-18)33-23(29)12-22(28)26(5,6)25(31)16(3)24(14)30/h2*10,13-14,16,19-22,24,31-32,34H,7-9,11-12H2,1-6H3;10,13-14,16,19-22,24,28,30H,7-9,11-12H2,1-6H3/b3*15-10+/t14-,16+,19-,20-,21-,22-,24-;14-,16+,19+,20+,21-,22-,24-;14-,16+,19-,20-,21?,22-,24-/m000/s1. The molecule has 108 heavy (non-hydrogen) atoms. The summed E-state index contributed by atoms with van der Waals surface area (Å²) in [7, 11) is 0. The van der Waals surface area contributed by atoms with Gasteiger partial charge >= 0.3 is 17.9 Å². The Labute approximate surface area is 647 Å². The number of hydrogen-bond acceptors (Lipinski definition) is 26. The number of ether oxygens (including phenoxy) is 4. The molecule has 0 amide bonds. The van der Waals surface area contributed by atoms with Crippen LogP contribution in [0.15, 0.2) is 43.1 Å². The fourth-order valence-electron chi connectivity index (χ4n) is 14.2. The van der Waals surface area contributed by atoms with Crippen LogP contribution in [0.5, 0.6) is 0 Å². The minimum absolute atomic E-state index is 0.00770. The van der Waals surface area contributed by atoms with Crippen LogP contribution in [0.1, 0.15) is 232 Å². The third-order valence-corrected chi connectivity index (χ3v) is 24.6. The molecule has 602 valence electrons. The number of azide groups is 2. The maximum absolute atomic E-state index is 13.2. The number of carbonyl (C=O) groups excluding carboxylic acids is 6. The zero-order chi connectivity index (χ0) is 81.0. The molecule has 4 aliphatic rings. The highest BCUT2D eigenvalue weighted by Crippen LogP contribution is 2.39. The maximum Gasteiger partial charge on any atom is 0.309 e. The summed E-state index contributed by atoms with van der Waals surface area (Å²) in [6.45, 7) is 31.2. The fraction of sp³-hybridized carbons (Fsp3) is 0.731. The summed E-state index contributed by atoms with van der Waals surface area (Å²) in [5.41, 5.74) is 18.8. The number of aromatic nitrogens is 3. The molecular formula is C78H119N9O18S3. The molecule has 27 nitrogen and oxygen atoms in total. The van der Waals surface area contributed by atoms with Crippen LogP contribution < -0.4 is 0 Å². The van der Waals surface area contributed by atoms with Crippen LogP contribution in [-0.2, 0) is 47.7 Å². The molecule has 7 rings (SSSR count). The monoisotopic (exact) mass is 1570 g/mol. The smallest absolute Gasteiger partial charge is 0.309 e. The average molecular weight is 1570 g/mol. The maximum atomic E-state index is 13.2. The molecule has 1 unspecified atom stereocenters. The number of rotatable bonds is 8. The Balaban J connectivity index is 0.000000291. The first kappa shape index (κ1) is 92.4. The first-order valence-electron chi connectivity index (χ1n) is 37.7. The summed E-state index contributed by atoms with van der Waals surface area (Å²) in [4.78, 5) is 97.4. The number of esters is 3. The minimum atomic E-state index is -1.34. The number of carbonyl (C=O) groups is 6. The lowest BCUT2D eigenvalue weighted by Crippen LogP contribution is -2.46. The van der Waals surface area contributed by atoms with E-state index in [2.05, 4.69) is 35.0 Å². The van der Waals surface area contributed by atoms with E-state index >= 15 is 0 Å². The predicted molar refractivity (Wildman–Crippen MR) is 414 cm³/mol. The molecule has 3 aromatic rings. The van der Waals surface area contributed by atoms with Gasteiger partial charge in [-0.05, 0) is 150 Å². The molecule has 30 heteroatoms. The zero-order valence-corrected chi connectivity index (χ0v) is 68.6. The number of hydrogen-bond donors (Lipinski definition) is 8. The van der Waals surface area contributed by atoms with Crippen LogP contribution in [0.4, 0.5) is 0 Å². The second-order valence-electron chi connectivity index (χ2n) is 32.1. The lowest BCUT2D eigenvalue weighted by molar-refractivity contribution is -0.156. The molecule has 0 spiro atoms. The molecule has 0 radical (unpaired) electrons. The molecule has 8 N–H and O–H groups in total. The van der Waals surface area contributed by atoms with E-state index in [1.165, 1.54) is 22.7 Å². The van der Waals surface area contributed by atoms with E-state index < -0.39 is 144 Å². The number of epoxide rings is 1. The number of cyclic esters (lactones) is 3. The number of ketones is 3. The lowest BCUT2D eigenvalue weighted by atomic mass is 9.73. The summed E-state index contributed by atoms with van der Waals surface area (Å²) in [5, 5.41) is 103. The molecule has 0 bridgehead atoms. The van der Waals surface area contributed by atoms with Crippen LogP contribution in [0.25, 0.3) is 39.1 Å². The number of aliphatic hydroxyl groups excluding tert-OH is 8. The van der Waals surface area contributed by atoms with E-state index in [0.717, 1.165) is 45.6 Å². The van der Waals surface area contributed by atoms with E-state index in [0.29, 0.717) is 67.5 Å². The van der Waals surface area contributed by atoms with Crippen LogP contribution >= 0.6 is 34.0 Å².